The fourth-order valence-corrected chi connectivity index (χ4v) is 3.43. The molecule has 17 heavy (non-hydrogen) atoms. The summed E-state index contributed by atoms with van der Waals surface area (Å²) in [4.78, 5) is 1.15. The molecule has 2 N–H and O–H groups in total. The van der Waals surface area contributed by atoms with Crippen molar-refractivity contribution in [2.75, 3.05) is 0 Å². The average molecular weight is 335 g/mol. The first kappa shape index (κ1) is 13.1. The van der Waals surface area contributed by atoms with E-state index in [1.807, 2.05) is 26.1 Å². The second-order valence-electron chi connectivity index (χ2n) is 3.93. The standard InChI is InChI=1S/C11H13BrClN3S/c1-6-7(11(13)16(2)15-6)5-8(14)9-3-4-10(12)17-9/h3-4,8H,5,14H2,1-2H3. The van der Waals surface area contributed by atoms with Gasteiger partial charge >= 0.3 is 0 Å². The number of thiophene rings is 1. The minimum atomic E-state index is -0.0355. The summed E-state index contributed by atoms with van der Waals surface area (Å²) in [6.45, 7) is 1.96. The third-order valence-corrected chi connectivity index (χ3v) is 4.88. The van der Waals surface area contributed by atoms with Crippen molar-refractivity contribution in [1.82, 2.24) is 9.78 Å². The summed E-state index contributed by atoms with van der Waals surface area (Å²) in [5.74, 6) is 0. The Bertz CT molecular complexity index is 535. The molecule has 1 atom stereocenters. The molecule has 0 aromatic carbocycles. The maximum absolute atomic E-state index is 6.19. The van der Waals surface area contributed by atoms with Gasteiger partial charge in [0, 0.05) is 23.5 Å². The van der Waals surface area contributed by atoms with Crippen molar-refractivity contribution in [2.24, 2.45) is 12.8 Å². The third kappa shape index (κ3) is 2.73. The van der Waals surface area contributed by atoms with E-state index in [4.69, 9.17) is 17.3 Å². The highest BCUT2D eigenvalue weighted by molar-refractivity contribution is 9.11. The Balaban J connectivity index is 2.21. The van der Waals surface area contributed by atoms with Crippen LogP contribution in [0.15, 0.2) is 15.9 Å². The van der Waals surface area contributed by atoms with Crippen LogP contribution in [0.4, 0.5) is 0 Å². The van der Waals surface area contributed by atoms with Crippen LogP contribution in [-0.2, 0) is 13.5 Å². The van der Waals surface area contributed by atoms with Gasteiger partial charge in [0.2, 0.25) is 0 Å². The van der Waals surface area contributed by atoms with Gasteiger partial charge in [-0.3, -0.25) is 4.68 Å². The SMILES string of the molecule is Cc1nn(C)c(Cl)c1CC(N)c1ccc(Br)s1. The molecule has 2 aromatic rings. The zero-order valence-corrected chi connectivity index (χ0v) is 12.7. The van der Waals surface area contributed by atoms with Crippen LogP contribution in [0.5, 0.6) is 0 Å². The van der Waals surface area contributed by atoms with Crippen molar-refractivity contribution in [1.29, 1.82) is 0 Å². The van der Waals surface area contributed by atoms with Crippen LogP contribution < -0.4 is 5.73 Å². The van der Waals surface area contributed by atoms with Gasteiger partial charge in [-0.15, -0.1) is 11.3 Å². The molecule has 1 unspecified atom stereocenters. The minimum Gasteiger partial charge on any atom is -0.323 e. The maximum atomic E-state index is 6.19. The van der Waals surface area contributed by atoms with E-state index in [2.05, 4.69) is 21.0 Å². The van der Waals surface area contributed by atoms with E-state index < -0.39 is 0 Å². The monoisotopic (exact) mass is 333 g/mol. The first-order valence-electron chi connectivity index (χ1n) is 5.18. The van der Waals surface area contributed by atoms with Gasteiger partial charge < -0.3 is 5.73 Å². The van der Waals surface area contributed by atoms with Gasteiger partial charge in [0.15, 0.2) is 0 Å². The van der Waals surface area contributed by atoms with E-state index in [-0.39, 0.29) is 6.04 Å². The van der Waals surface area contributed by atoms with Gasteiger partial charge in [0.25, 0.3) is 0 Å². The highest BCUT2D eigenvalue weighted by atomic mass is 79.9. The predicted octanol–water partition coefficient (Wildman–Crippen LogP) is 3.45. The molecule has 2 rings (SSSR count). The number of nitrogens with two attached hydrogens (primary N) is 1. The van der Waals surface area contributed by atoms with E-state index in [0.29, 0.717) is 11.6 Å². The van der Waals surface area contributed by atoms with Crippen molar-refractivity contribution in [3.05, 3.63) is 37.2 Å². The first-order valence-corrected chi connectivity index (χ1v) is 7.16. The lowest BCUT2D eigenvalue weighted by Crippen LogP contribution is -2.12. The van der Waals surface area contributed by atoms with E-state index in [0.717, 1.165) is 19.9 Å². The molecule has 0 saturated carbocycles. The van der Waals surface area contributed by atoms with Crippen LogP contribution >= 0.6 is 38.9 Å². The lowest BCUT2D eigenvalue weighted by molar-refractivity contribution is 0.732. The average Bonchev–Trinajstić information content (AvgIpc) is 2.79. The molecular weight excluding hydrogens is 322 g/mol. The maximum Gasteiger partial charge on any atom is 0.130 e. The zero-order chi connectivity index (χ0) is 12.6. The molecule has 92 valence electrons. The zero-order valence-electron chi connectivity index (χ0n) is 9.58. The third-order valence-electron chi connectivity index (χ3n) is 2.65. The summed E-state index contributed by atoms with van der Waals surface area (Å²) in [6.07, 6.45) is 0.714. The minimum absolute atomic E-state index is 0.0355. The molecule has 0 saturated heterocycles. The summed E-state index contributed by atoms with van der Waals surface area (Å²) >= 11 is 11.3. The number of halogens is 2. The molecule has 0 fully saturated rings. The Morgan fingerprint density at radius 1 is 1.59 bits per heavy atom. The fourth-order valence-electron chi connectivity index (χ4n) is 1.75. The highest BCUT2D eigenvalue weighted by Crippen LogP contribution is 2.30. The van der Waals surface area contributed by atoms with Gasteiger partial charge in [-0.05, 0) is 41.4 Å². The highest BCUT2D eigenvalue weighted by Gasteiger charge is 2.16. The Labute approximate surface area is 118 Å². The van der Waals surface area contributed by atoms with E-state index in [1.54, 1.807) is 16.0 Å². The number of hydrogen-bond donors (Lipinski definition) is 1. The summed E-state index contributed by atoms with van der Waals surface area (Å²) in [5, 5.41) is 4.96. The molecule has 0 radical (unpaired) electrons. The van der Waals surface area contributed by atoms with Crippen molar-refractivity contribution < 1.29 is 0 Å². The Morgan fingerprint density at radius 2 is 2.29 bits per heavy atom. The van der Waals surface area contributed by atoms with Gasteiger partial charge in [0.05, 0.1) is 9.48 Å². The lowest BCUT2D eigenvalue weighted by atomic mass is 10.1. The lowest BCUT2D eigenvalue weighted by Gasteiger charge is -2.09. The molecule has 2 heterocycles. The number of aryl methyl sites for hydroxylation is 2. The summed E-state index contributed by atoms with van der Waals surface area (Å²) in [5.41, 5.74) is 8.16. The van der Waals surface area contributed by atoms with Gasteiger partial charge in [-0.2, -0.15) is 5.10 Å². The van der Waals surface area contributed by atoms with Crippen molar-refractivity contribution in [3.63, 3.8) is 0 Å². The predicted molar refractivity (Wildman–Crippen MR) is 75.6 cm³/mol. The number of hydrogen-bond acceptors (Lipinski definition) is 3. The molecule has 0 bridgehead atoms. The van der Waals surface area contributed by atoms with Crippen molar-refractivity contribution in [3.8, 4) is 0 Å². The van der Waals surface area contributed by atoms with Crippen LogP contribution in [-0.4, -0.2) is 9.78 Å². The van der Waals surface area contributed by atoms with Gasteiger partial charge in [-0.1, -0.05) is 11.6 Å². The summed E-state index contributed by atoms with van der Waals surface area (Å²) in [6, 6.07) is 4.02. The molecule has 6 heteroatoms. The second kappa shape index (κ2) is 5.10. The number of rotatable bonds is 3. The van der Waals surface area contributed by atoms with Crippen LogP contribution in [0.25, 0.3) is 0 Å². The summed E-state index contributed by atoms with van der Waals surface area (Å²) < 4.78 is 2.78. The molecule has 0 aliphatic carbocycles. The van der Waals surface area contributed by atoms with Crippen LogP contribution in [0, 0.1) is 6.92 Å². The van der Waals surface area contributed by atoms with Crippen LogP contribution in [0.3, 0.4) is 0 Å². The van der Waals surface area contributed by atoms with E-state index in [9.17, 15) is 0 Å². The normalized spacial score (nSPS) is 13.0. The molecular formula is C11H13BrClN3S. The second-order valence-corrected chi connectivity index (χ2v) is 6.78. The van der Waals surface area contributed by atoms with E-state index in [1.165, 1.54) is 0 Å². The Morgan fingerprint density at radius 3 is 2.76 bits per heavy atom. The van der Waals surface area contributed by atoms with E-state index >= 15 is 0 Å². The van der Waals surface area contributed by atoms with Gasteiger partial charge in [-0.25, -0.2) is 0 Å². The van der Waals surface area contributed by atoms with Crippen LogP contribution in [0.2, 0.25) is 5.15 Å². The Kier molecular flexibility index (Phi) is 3.92. The molecule has 0 aliphatic rings. The topological polar surface area (TPSA) is 43.8 Å². The fraction of sp³-hybridized carbons (Fsp3) is 0.364. The first-order chi connectivity index (χ1) is 7.99. The number of nitrogens with zero attached hydrogens (tertiary/aromatic N) is 2. The van der Waals surface area contributed by atoms with Crippen molar-refractivity contribution >= 4 is 38.9 Å². The smallest absolute Gasteiger partial charge is 0.130 e. The number of aromatic nitrogens is 2. The molecule has 0 amide bonds. The van der Waals surface area contributed by atoms with Crippen molar-refractivity contribution in [2.45, 2.75) is 19.4 Å². The molecule has 2 aromatic heterocycles. The molecule has 0 aliphatic heterocycles. The quantitative estimate of drug-likeness (QED) is 0.934. The molecule has 0 spiro atoms. The largest absolute Gasteiger partial charge is 0.323 e. The Hall–Kier alpha value is -0.360. The summed E-state index contributed by atoms with van der Waals surface area (Å²) in [7, 11) is 1.84. The van der Waals surface area contributed by atoms with Crippen LogP contribution in [0.1, 0.15) is 22.2 Å². The molecule has 3 nitrogen and oxygen atoms in total. The van der Waals surface area contributed by atoms with Gasteiger partial charge in [0.1, 0.15) is 5.15 Å².